The van der Waals surface area contributed by atoms with E-state index in [1.807, 2.05) is 13.0 Å². The lowest BCUT2D eigenvalue weighted by molar-refractivity contribution is -0.153. The summed E-state index contributed by atoms with van der Waals surface area (Å²) in [6.45, 7) is 0.594. The van der Waals surface area contributed by atoms with Gasteiger partial charge in [-0.1, -0.05) is 6.07 Å². The number of pyridine rings is 1. The SMILES string of the molecule is Cc1ccc(Oc2ccc(OCC(F)(F)F)cc2)nc1. The van der Waals surface area contributed by atoms with Crippen LogP contribution in [0.25, 0.3) is 0 Å². The Hall–Kier alpha value is -2.24. The van der Waals surface area contributed by atoms with Crippen molar-refractivity contribution in [3.05, 3.63) is 48.2 Å². The third kappa shape index (κ3) is 4.46. The van der Waals surface area contributed by atoms with Crippen molar-refractivity contribution in [2.24, 2.45) is 0 Å². The molecule has 20 heavy (non-hydrogen) atoms. The highest BCUT2D eigenvalue weighted by molar-refractivity contribution is 5.33. The smallest absolute Gasteiger partial charge is 0.422 e. The fourth-order valence-corrected chi connectivity index (χ4v) is 1.40. The van der Waals surface area contributed by atoms with Crippen molar-refractivity contribution in [2.75, 3.05) is 6.61 Å². The Balaban J connectivity index is 1.96. The minimum atomic E-state index is -4.35. The van der Waals surface area contributed by atoms with E-state index in [4.69, 9.17) is 4.74 Å². The maximum absolute atomic E-state index is 12.0. The quantitative estimate of drug-likeness (QED) is 0.845. The van der Waals surface area contributed by atoms with Crippen molar-refractivity contribution in [1.82, 2.24) is 4.98 Å². The minimum Gasteiger partial charge on any atom is -0.484 e. The van der Waals surface area contributed by atoms with Gasteiger partial charge in [-0.15, -0.1) is 0 Å². The molecule has 0 saturated carbocycles. The fraction of sp³-hybridized carbons (Fsp3) is 0.214. The zero-order chi connectivity index (χ0) is 14.6. The summed E-state index contributed by atoms with van der Waals surface area (Å²) in [6.07, 6.45) is -2.68. The van der Waals surface area contributed by atoms with Crippen LogP contribution in [-0.4, -0.2) is 17.8 Å². The monoisotopic (exact) mass is 283 g/mol. The van der Waals surface area contributed by atoms with Crippen molar-refractivity contribution < 1.29 is 22.6 Å². The first-order valence-electron chi connectivity index (χ1n) is 5.82. The van der Waals surface area contributed by atoms with Gasteiger partial charge in [0.25, 0.3) is 0 Å². The van der Waals surface area contributed by atoms with Crippen molar-refractivity contribution in [1.29, 1.82) is 0 Å². The summed E-state index contributed by atoms with van der Waals surface area (Å²) >= 11 is 0. The molecule has 0 fully saturated rings. The van der Waals surface area contributed by atoms with Crippen LogP contribution in [0.15, 0.2) is 42.6 Å². The van der Waals surface area contributed by atoms with Gasteiger partial charge >= 0.3 is 6.18 Å². The number of rotatable bonds is 4. The molecule has 1 aromatic carbocycles. The summed E-state index contributed by atoms with van der Waals surface area (Å²) in [5, 5.41) is 0. The molecule has 6 heteroatoms. The van der Waals surface area contributed by atoms with Crippen molar-refractivity contribution in [3.63, 3.8) is 0 Å². The molecule has 2 rings (SSSR count). The lowest BCUT2D eigenvalue weighted by Gasteiger charge is -2.10. The van der Waals surface area contributed by atoms with Crippen LogP contribution in [0.4, 0.5) is 13.2 Å². The number of hydrogen-bond donors (Lipinski definition) is 0. The minimum absolute atomic E-state index is 0.131. The second-order valence-corrected chi connectivity index (χ2v) is 4.15. The Morgan fingerprint density at radius 2 is 1.65 bits per heavy atom. The maximum Gasteiger partial charge on any atom is 0.422 e. The largest absolute Gasteiger partial charge is 0.484 e. The van der Waals surface area contributed by atoms with E-state index in [-0.39, 0.29) is 5.75 Å². The lowest BCUT2D eigenvalue weighted by Crippen LogP contribution is -2.19. The van der Waals surface area contributed by atoms with Crippen LogP contribution < -0.4 is 9.47 Å². The van der Waals surface area contributed by atoms with Crippen LogP contribution in [0, 0.1) is 6.92 Å². The van der Waals surface area contributed by atoms with E-state index in [2.05, 4.69) is 9.72 Å². The molecule has 0 spiro atoms. The predicted octanol–water partition coefficient (Wildman–Crippen LogP) is 4.12. The molecule has 3 nitrogen and oxygen atoms in total. The average Bonchev–Trinajstić information content (AvgIpc) is 2.40. The molecule has 0 N–H and O–H groups in total. The Labute approximate surface area is 114 Å². The molecule has 0 radical (unpaired) electrons. The van der Waals surface area contributed by atoms with E-state index in [9.17, 15) is 13.2 Å². The number of nitrogens with zero attached hydrogens (tertiary/aromatic N) is 1. The summed E-state index contributed by atoms with van der Waals surface area (Å²) < 4.78 is 46.0. The second-order valence-electron chi connectivity index (χ2n) is 4.15. The van der Waals surface area contributed by atoms with Crippen molar-refractivity contribution in [2.45, 2.75) is 13.1 Å². The molecule has 2 aromatic rings. The third-order valence-corrected chi connectivity index (χ3v) is 2.33. The zero-order valence-electron chi connectivity index (χ0n) is 10.6. The zero-order valence-corrected chi connectivity index (χ0v) is 10.6. The van der Waals surface area contributed by atoms with Gasteiger partial charge in [0.2, 0.25) is 5.88 Å². The van der Waals surface area contributed by atoms with Gasteiger partial charge in [0, 0.05) is 12.3 Å². The summed E-state index contributed by atoms with van der Waals surface area (Å²) in [4.78, 5) is 4.06. The van der Waals surface area contributed by atoms with Gasteiger partial charge in [0.1, 0.15) is 11.5 Å². The van der Waals surface area contributed by atoms with Gasteiger partial charge in [0.05, 0.1) is 0 Å². The van der Waals surface area contributed by atoms with Crippen LogP contribution in [-0.2, 0) is 0 Å². The topological polar surface area (TPSA) is 31.4 Å². The van der Waals surface area contributed by atoms with Crippen LogP contribution in [0.2, 0.25) is 0 Å². The molecule has 0 unspecified atom stereocenters. The Kier molecular flexibility index (Phi) is 4.12. The van der Waals surface area contributed by atoms with Crippen LogP contribution in [0.3, 0.4) is 0 Å². The van der Waals surface area contributed by atoms with Gasteiger partial charge in [-0.25, -0.2) is 4.98 Å². The van der Waals surface area contributed by atoms with Crippen molar-refractivity contribution in [3.8, 4) is 17.4 Å². The molecule has 0 saturated heterocycles. The van der Waals surface area contributed by atoms with Gasteiger partial charge < -0.3 is 9.47 Å². The number of ether oxygens (including phenoxy) is 2. The first-order valence-corrected chi connectivity index (χ1v) is 5.82. The van der Waals surface area contributed by atoms with Crippen LogP contribution in [0.1, 0.15) is 5.56 Å². The van der Waals surface area contributed by atoms with Gasteiger partial charge in [-0.2, -0.15) is 13.2 Å². The van der Waals surface area contributed by atoms with E-state index >= 15 is 0 Å². The first-order chi connectivity index (χ1) is 9.42. The summed E-state index contributed by atoms with van der Waals surface area (Å²) in [5.41, 5.74) is 1.01. The molecule has 0 aliphatic heterocycles. The number of aryl methyl sites for hydroxylation is 1. The lowest BCUT2D eigenvalue weighted by atomic mass is 10.3. The second kappa shape index (κ2) is 5.81. The number of benzene rings is 1. The maximum atomic E-state index is 12.0. The van der Waals surface area contributed by atoms with E-state index in [0.29, 0.717) is 11.6 Å². The Bertz CT molecular complexity index is 550. The van der Waals surface area contributed by atoms with E-state index in [1.54, 1.807) is 12.3 Å². The normalized spacial score (nSPS) is 11.2. The van der Waals surface area contributed by atoms with Gasteiger partial charge in [-0.05, 0) is 36.8 Å². The Morgan fingerprint density at radius 3 is 2.20 bits per heavy atom. The van der Waals surface area contributed by atoms with Gasteiger partial charge in [0.15, 0.2) is 6.61 Å². The Morgan fingerprint density at radius 1 is 1.00 bits per heavy atom. The first kappa shape index (κ1) is 14.2. The molecular formula is C14H12F3NO2. The third-order valence-electron chi connectivity index (χ3n) is 2.33. The van der Waals surface area contributed by atoms with E-state index in [1.165, 1.54) is 24.3 Å². The fourth-order valence-electron chi connectivity index (χ4n) is 1.40. The van der Waals surface area contributed by atoms with Gasteiger partial charge in [-0.3, -0.25) is 0 Å². The summed E-state index contributed by atoms with van der Waals surface area (Å²) in [6, 6.07) is 9.43. The highest BCUT2D eigenvalue weighted by Gasteiger charge is 2.28. The van der Waals surface area contributed by atoms with Crippen LogP contribution in [0.5, 0.6) is 17.4 Å². The summed E-state index contributed by atoms with van der Waals surface area (Å²) in [5.74, 6) is 1.02. The standard InChI is InChI=1S/C14H12F3NO2/c1-10-2-7-13(18-8-10)20-12-5-3-11(4-6-12)19-9-14(15,16)17/h2-8H,9H2,1H3. The number of hydrogen-bond acceptors (Lipinski definition) is 3. The molecule has 0 aliphatic carbocycles. The molecule has 0 atom stereocenters. The molecule has 0 aliphatic rings. The number of halogens is 3. The molecule has 1 heterocycles. The highest BCUT2D eigenvalue weighted by Crippen LogP contribution is 2.24. The highest BCUT2D eigenvalue weighted by atomic mass is 19.4. The predicted molar refractivity (Wildman–Crippen MR) is 67.0 cm³/mol. The number of alkyl halides is 3. The average molecular weight is 283 g/mol. The van der Waals surface area contributed by atoms with Crippen LogP contribution >= 0.6 is 0 Å². The molecular weight excluding hydrogens is 271 g/mol. The molecule has 0 bridgehead atoms. The number of aromatic nitrogens is 1. The summed E-state index contributed by atoms with van der Waals surface area (Å²) in [7, 11) is 0. The molecule has 0 amide bonds. The van der Waals surface area contributed by atoms with E-state index < -0.39 is 12.8 Å². The molecule has 106 valence electrons. The van der Waals surface area contributed by atoms with Crippen molar-refractivity contribution >= 4 is 0 Å². The van der Waals surface area contributed by atoms with E-state index in [0.717, 1.165) is 5.56 Å². The molecule has 1 aromatic heterocycles.